The van der Waals surface area contributed by atoms with E-state index in [0.717, 1.165) is 38.8 Å². The first-order chi connectivity index (χ1) is 12.0. The number of sulfonamides is 1. The molecule has 0 aromatic heterocycles. The van der Waals surface area contributed by atoms with E-state index in [1.165, 1.54) is 6.92 Å². The average Bonchev–Trinajstić information content (AvgIpc) is 2.53. The van der Waals surface area contributed by atoms with Crippen LogP contribution in [0.25, 0.3) is 0 Å². The van der Waals surface area contributed by atoms with Crippen LogP contribution >= 0.6 is 15.9 Å². The Labute approximate surface area is 159 Å². The predicted molar refractivity (Wildman–Crippen MR) is 101 cm³/mol. The number of nitrogens with zero attached hydrogens (tertiary/aromatic N) is 1. The van der Waals surface area contributed by atoms with Crippen LogP contribution in [0, 0.1) is 18.6 Å². The van der Waals surface area contributed by atoms with Gasteiger partial charge in [-0.3, -0.25) is 9.10 Å². The Morgan fingerprint density at radius 2 is 1.81 bits per heavy atom. The Balaban J connectivity index is 2.34. The van der Waals surface area contributed by atoms with Crippen molar-refractivity contribution in [3.05, 3.63) is 58.1 Å². The average molecular weight is 447 g/mol. The smallest absolute Gasteiger partial charge is 0.247 e. The van der Waals surface area contributed by atoms with E-state index in [9.17, 15) is 22.0 Å². The van der Waals surface area contributed by atoms with E-state index in [0.29, 0.717) is 5.69 Å². The molecular weight excluding hydrogens is 430 g/mol. The molecule has 0 aliphatic rings. The first-order valence-electron chi connectivity index (χ1n) is 7.52. The number of hydrogen-bond acceptors (Lipinski definition) is 3. The Morgan fingerprint density at radius 3 is 2.35 bits per heavy atom. The molecule has 0 fully saturated rings. The summed E-state index contributed by atoms with van der Waals surface area (Å²) in [6.07, 6.45) is 0.891. The number of rotatable bonds is 5. The largest absolute Gasteiger partial charge is 0.324 e. The molecule has 0 spiro atoms. The molecule has 0 saturated heterocycles. The third-order valence-electron chi connectivity index (χ3n) is 3.67. The van der Waals surface area contributed by atoms with Crippen molar-refractivity contribution in [2.75, 3.05) is 15.9 Å². The number of anilines is 2. The number of carbonyl (C=O) groups excluding carboxylic acids is 1. The van der Waals surface area contributed by atoms with Gasteiger partial charge in [0.25, 0.3) is 0 Å². The maximum absolute atomic E-state index is 13.5. The van der Waals surface area contributed by atoms with E-state index in [1.807, 2.05) is 6.92 Å². The summed E-state index contributed by atoms with van der Waals surface area (Å²) in [6, 6.07) is 6.60. The molecule has 26 heavy (non-hydrogen) atoms. The molecule has 2 rings (SSSR count). The zero-order valence-electron chi connectivity index (χ0n) is 14.3. The molecule has 0 bridgehead atoms. The molecule has 2 aromatic rings. The molecule has 5 nitrogen and oxygen atoms in total. The fourth-order valence-corrected chi connectivity index (χ4v) is 3.81. The standard InChI is InChI=1S/C17H17BrF2N2O3S/c1-10-8-12(4-6-14(10)18)21-17(23)11(2)22(26(3,24)25)13-5-7-15(19)16(20)9-13/h4-9,11H,1-3H3,(H,21,23)/t11-/m1/s1. The zero-order chi connectivity index (χ0) is 19.6. The van der Waals surface area contributed by atoms with Crippen LogP contribution in [-0.4, -0.2) is 26.6 Å². The second kappa shape index (κ2) is 7.71. The van der Waals surface area contributed by atoms with Crippen molar-refractivity contribution in [3.8, 4) is 0 Å². The first-order valence-corrected chi connectivity index (χ1v) is 10.2. The molecule has 9 heteroatoms. The van der Waals surface area contributed by atoms with Crippen LogP contribution in [0.5, 0.6) is 0 Å². The van der Waals surface area contributed by atoms with Gasteiger partial charge >= 0.3 is 0 Å². The number of carbonyl (C=O) groups is 1. The van der Waals surface area contributed by atoms with E-state index >= 15 is 0 Å². The Hall–Kier alpha value is -2.00. The maximum atomic E-state index is 13.5. The van der Waals surface area contributed by atoms with Gasteiger partial charge in [-0.2, -0.15) is 0 Å². The lowest BCUT2D eigenvalue weighted by molar-refractivity contribution is -0.116. The van der Waals surface area contributed by atoms with Gasteiger partial charge in [-0.15, -0.1) is 0 Å². The van der Waals surface area contributed by atoms with Crippen LogP contribution in [0.4, 0.5) is 20.2 Å². The van der Waals surface area contributed by atoms with Crippen molar-refractivity contribution in [1.82, 2.24) is 0 Å². The summed E-state index contributed by atoms with van der Waals surface area (Å²) in [5.74, 6) is -2.92. The quantitative estimate of drug-likeness (QED) is 0.758. The van der Waals surface area contributed by atoms with Gasteiger partial charge < -0.3 is 5.32 Å². The molecule has 1 amide bonds. The van der Waals surface area contributed by atoms with Crippen LogP contribution < -0.4 is 9.62 Å². The maximum Gasteiger partial charge on any atom is 0.247 e. The summed E-state index contributed by atoms with van der Waals surface area (Å²) in [4.78, 5) is 12.5. The summed E-state index contributed by atoms with van der Waals surface area (Å²) in [6.45, 7) is 3.20. The predicted octanol–water partition coefficient (Wildman–Crippen LogP) is 3.83. The number of halogens is 3. The van der Waals surface area contributed by atoms with Crippen molar-refractivity contribution in [2.45, 2.75) is 19.9 Å². The number of benzene rings is 2. The van der Waals surface area contributed by atoms with Crippen molar-refractivity contribution in [2.24, 2.45) is 0 Å². The van der Waals surface area contributed by atoms with E-state index in [4.69, 9.17) is 0 Å². The normalized spacial score (nSPS) is 12.5. The van der Waals surface area contributed by atoms with Gasteiger partial charge in [0.05, 0.1) is 11.9 Å². The van der Waals surface area contributed by atoms with Crippen molar-refractivity contribution in [3.63, 3.8) is 0 Å². The molecule has 1 atom stereocenters. The van der Waals surface area contributed by atoms with Gasteiger partial charge in [0, 0.05) is 16.2 Å². The Kier molecular flexibility index (Phi) is 6.02. The van der Waals surface area contributed by atoms with Crippen LogP contribution in [0.1, 0.15) is 12.5 Å². The van der Waals surface area contributed by atoms with Gasteiger partial charge in [-0.1, -0.05) is 15.9 Å². The van der Waals surface area contributed by atoms with Crippen molar-refractivity contribution in [1.29, 1.82) is 0 Å². The highest BCUT2D eigenvalue weighted by Crippen LogP contribution is 2.24. The molecule has 0 unspecified atom stereocenters. The third-order valence-corrected chi connectivity index (χ3v) is 5.80. The summed E-state index contributed by atoms with van der Waals surface area (Å²) in [7, 11) is -3.92. The number of amides is 1. The fourth-order valence-electron chi connectivity index (χ4n) is 2.40. The topological polar surface area (TPSA) is 66.5 Å². The number of aryl methyl sites for hydroxylation is 1. The molecule has 1 N–H and O–H groups in total. The Bertz CT molecular complexity index is 951. The van der Waals surface area contributed by atoms with Gasteiger partial charge in [-0.25, -0.2) is 17.2 Å². The van der Waals surface area contributed by atoms with Gasteiger partial charge in [0.2, 0.25) is 15.9 Å². The lowest BCUT2D eigenvalue weighted by atomic mass is 10.2. The van der Waals surface area contributed by atoms with Crippen LogP contribution in [0.3, 0.4) is 0 Å². The number of nitrogens with one attached hydrogen (secondary N) is 1. The minimum atomic E-state index is -3.92. The first kappa shape index (κ1) is 20.3. The molecular formula is C17H17BrF2N2O3S. The van der Waals surface area contributed by atoms with Gasteiger partial charge in [0.15, 0.2) is 11.6 Å². The van der Waals surface area contributed by atoms with Crippen LogP contribution in [-0.2, 0) is 14.8 Å². The van der Waals surface area contributed by atoms with Gasteiger partial charge in [0.1, 0.15) is 6.04 Å². The summed E-state index contributed by atoms with van der Waals surface area (Å²) in [5, 5.41) is 2.62. The highest BCUT2D eigenvalue weighted by atomic mass is 79.9. The highest BCUT2D eigenvalue weighted by molar-refractivity contribution is 9.10. The highest BCUT2D eigenvalue weighted by Gasteiger charge is 2.29. The second-order valence-electron chi connectivity index (χ2n) is 5.79. The molecule has 0 radical (unpaired) electrons. The Morgan fingerprint density at radius 1 is 1.15 bits per heavy atom. The van der Waals surface area contributed by atoms with E-state index < -0.39 is 33.6 Å². The summed E-state index contributed by atoms with van der Waals surface area (Å²) < 4.78 is 52.6. The molecule has 0 aliphatic heterocycles. The van der Waals surface area contributed by atoms with Crippen molar-refractivity contribution >= 4 is 43.2 Å². The van der Waals surface area contributed by atoms with E-state index in [-0.39, 0.29) is 5.69 Å². The second-order valence-corrected chi connectivity index (χ2v) is 8.50. The van der Waals surface area contributed by atoms with E-state index in [2.05, 4.69) is 21.2 Å². The zero-order valence-corrected chi connectivity index (χ0v) is 16.7. The molecule has 140 valence electrons. The summed E-state index contributed by atoms with van der Waals surface area (Å²) in [5.41, 5.74) is 1.23. The molecule has 0 heterocycles. The minimum absolute atomic E-state index is 0.138. The molecule has 2 aromatic carbocycles. The van der Waals surface area contributed by atoms with Crippen molar-refractivity contribution < 1.29 is 22.0 Å². The monoisotopic (exact) mass is 446 g/mol. The fraction of sp³-hybridized carbons (Fsp3) is 0.235. The molecule has 0 aliphatic carbocycles. The summed E-state index contributed by atoms with van der Waals surface area (Å²) >= 11 is 3.35. The number of hydrogen-bond donors (Lipinski definition) is 1. The third kappa shape index (κ3) is 4.59. The van der Waals surface area contributed by atoms with Crippen LogP contribution in [0.15, 0.2) is 40.9 Å². The van der Waals surface area contributed by atoms with Crippen LogP contribution in [0.2, 0.25) is 0 Å². The lowest BCUT2D eigenvalue weighted by Crippen LogP contribution is -2.45. The minimum Gasteiger partial charge on any atom is -0.324 e. The lowest BCUT2D eigenvalue weighted by Gasteiger charge is -2.28. The van der Waals surface area contributed by atoms with E-state index in [1.54, 1.807) is 18.2 Å². The van der Waals surface area contributed by atoms with Gasteiger partial charge in [-0.05, 0) is 49.7 Å². The SMILES string of the molecule is Cc1cc(NC(=O)[C@@H](C)N(c2ccc(F)c(F)c2)S(C)(=O)=O)ccc1Br. The molecule has 0 saturated carbocycles.